The second-order valence-corrected chi connectivity index (χ2v) is 8.32. The van der Waals surface area contributed by atoms with Crippen molar-refractivity contribution in [2.75, 3.05) is 46.9 Å². The zero-order valence-corrected chi connectivity index (χ0v) is 18.0. The standard InChI is InChI=1S/C22H32N4O3/c1-16-11-19(28-3)20(29-4)12-17(16)13-25-7-9-26(10-8-25)14-21(27)24-22(2,15-23)18-5-6-18/h11-12,18H,5-10,13-14H2,1-4H3,(H,24,27)/t22-/m1/s1. The van der Waals surface area contributed by atoms with Crippen molar-refractivity contribution in [1.29, 1.82) is 5.26 Å². The molecule has 1 heterocycles. The maximum Gasteiger partial charge on any atom is 0.235 e. The number of nitrogens with one attached hydrogen (secondary N) is 1. The van der Waals surface area contributed by atoms with Crippen LogP contribution in [0.4, 0.5) is 0 Å². The van der Waals surface area contributed by atoms with E-state index in [1.807, 2.05) is 13.0 Å². The van der Waals surface area contributed by atoms with E-state index in [1.54, 1.807) is 14.2 Å². The van der Waals surface area contributed by atoms with E-state index in [9.17, 15) is 10.1 Å². The Labute approximate surface area is 173 Å². The number of piperazine rings is 1. The summed E-state index contributed by atoms with van der Waals surface area (Å²) in [5.41, 5.74) is 1.69. The van der Waals surface area contributed by atoms with Crippen molar-refractivity contribution in [3.05, 3.63) is 23.3 Å². The Bertz CT molecular complexity index is 779. The Kier molecular flexibility index (Phi) is 6.66. The lowest BCUT2D eigenvalue weighted by Gasteiger charge is -2.35. The number of aryl methyl sites for hydroxylation is 1. The lowest BCUT2D eigenvalue weighted by molar-refractivity contribution is -0.124. The van der Waals surface area contributed by atoms with Gasteiger partial charge in [0.1, 0.15) is 5.54 Å². The summed E-state index contributed by atoms with van der Waals surface area (Å²) in [5.74, 6) is 1.75. The van der Waals surface area contributed by atoms with Crippen LogP contribution in [0.15, 0.2) is 12.1 Å². The predicted molar refractivity (Wildman–Crippen MR) is 111 cm³/mol. The fraction of sp³-hybridized carbons (Fsp3) is 0.636. The molecule has 2 aliphatic rings. The van der Waals surface area contributed by atoms with Gasteiger partial charge >= 0.3 is 0 Å². The Morgan fingerprint density at radius 3 is 2.31 bits per heavy atom. The van der Waals surface area contributed by atoms with Gasteiger partial charge in [0.25, 0.3) is 0 Å². The van der Waals surface area contributed by atoms with Crippen molar-refractivity contribution in [2.24, 2.45) is 5.92 Å². The van der Waals surface area contributed by atoms with Crippen molar-refractivity contribution < 1.29 is 14.3 Å². The molecule has 1 aromatic carbocycles. The SMILES string of the molecule is COc1cc(C)c(CN2CCN(CC(=O)N[C@](C)(C#N)C3CC3)CC2)cc1OC. The molecule has 1 aromatic rings. The van der Waals surface area contributed by atoms with Gasteiger partial charge in [-0.2, -0.15) is 5.26 Å². The molecular formula is C22H32N4O3. The Morgan fingerprint density at radius 2 is 1.76 bits per heavy atom. The Morgan fingerprint density at radius 1 is 1.17 bits per heavy atom. The zero-order valence-electron chi connectivity index (χ0n) is 18.0. The molecular weight excluding hydrogens is 368 g/mol. The molecule has 0 unspecified atom stereocenters. The molecule has 0 aromatic heterocycles. The van der Waals surface area contributed by atoms with E-state index in [0.717, 1.165) is 57.1 Å². The van der Waals surface area contributed by atoms with Gasteiger partial charge in [0.05, 0.1) is 26.8 Å². The first-order valence-corrected chi connectivity index (χ1v) is 10.3. The molecule has 7 nitrogen and oxygen atoms in total. The van der Waals surface area contributed by atoms with Gasteiger partial charge in [-0.15, -0.1) is 0 Å². The van der Waals surface area contributed by atoms with Gasteiger partial charge in [0.15, 0.2) is 11.5 Å². The quantitative estimate of drug-likeness (QED) is 0.719. The molecule has 1 amide bonds. The maximum atomic E-state index is 12.4. The van der Waals surface area contributed by atoms with Crippen LogP contribution in [0.5, 0.6) is 11.5 Å². The van der Waals surface area contributed by atoms with E-state index >= 15 is 0 Å². The molecule has 1 atom stereocenters. The number of nitriles is 1. The first-order chi connectivity index (χ1) is 13.9. The van der Waals surface area contributed by atoms with Gasteiger partial charge in [0.2, 0.25) is 5.91 Å². The van der Waals surface area contributed by atoms with Crippen LogP contribution in [-0.4, -0.2) is 68.2 Å². The van der Waals surface area contributed by atoms with Gasteiger partial charge in [0, 0.05) is 32.7 Å². The number of amides is 1. The number of nitrogens with zero attached hydrogens (tertiary/aromatic N) is 3. The third-order valence-electron chi connectivity index (χ3n) is 6.09. The van der Waals surface area contributed by atoms with E-state index in [0.29, 0.717) is 12.5 Å². The van der Waals surface area contributed by atoms with Crippen molar-refractivity contribution in [3.63, 3.8) is 0 Å². The fourth-order valence-electron chi connectivity index (χ4n) is 3.95. The van der Waals surface area contributed by atoms with Crippen LogP contribution in [0, 0.1) is 24.2 Å². The minimum atomic E-state index is -0.718. The van der Waals surface area contributed by atoms with E-state index in [-0.39, 0.29) is 5.91 Å². The number of rotatable bonds is 8. The molecule has 1 aliphatic carbocycles. The summed E-state index contributed by atoms with van der Waals surface area (Å²) in [6, 6.07) is 6.35. The van der Waals surface area contributed by atoms with Gasteiger partial charge in [-0.1, -0.05) is 0 Å². The topological polar surface area (TPSA) is 77.8 Å². The Balaban J connectivity index is 1.49. The molecule has 0 radical (unpaired) electrons. The number of carbonyl (C=O) groups excluding carboxylic acids is 1. The van der Waals surface area contributed by atoms with Crippen LogP contribution in [-0.2, 0) is 11.3 Å². The van der Waals surface area contributed by atoms with E-state index in [2.05, 4.69) is 34.2 Å². The Hall–Kier alpha value is -2.30. The first-order valence-electron chi connectivity index (χ1n) is 10.3. The third kappa shape index (κ3) is 5.20. The molecule has 2 fully saturated rings. The van der Waals surface area contributed by atoms with Crippen LogP contribution in [0.1, 0.15) is 30.9 Å². The molecule has 0 bridgehead atoms. The molecule has 7 heteroatoms. The average molecular weight is 401 g/mol. The second kappa shape index (κ2) is 9.02. The highest BCUT2D eigenvalue weighted by atomic mass is 16.5. The second-order valence-electron chi connectivity index (χ2n) is 8.32. The van der Waals surface area contributed by atoms with Crippen LogP contribution in [0.25, 0.3) is 0 Å². The van der Waals surface area contributed by atoms with Crippen LogP contribution < -0.4 is 14.8 Å². The fourth-order valence-corrected chi connectivity index (χ4v) is 3.95. The largest absolute Gasteiger partial charge is 0.493 e. The zero-order chi connectivity index (χ0) is 21.0. The molecule has 1 aliphatic heterocycles. The van der Waals surface area contributed by atoms with E-state index < -0.39 is 5.54 Å². The van der Waals surface area contributed by atoms with Gasteiger partial charge in [-0.3, -0.25) is 14.6 Å². The summed E-state index contributed by atoms with van der Waals surface area (Å²) in [5, 5.41) is 12.4. The number of hydrogen-bond donors (Lipinski definition) is 1. The van der Waals surface area contributed by atoms with E-state index in [1.165, 1.54) is 11.1 Å². The molecule has 0 spiro atoms. The lowest BCUT2D eigenvalue weighted by Crippen LogP contribution is -2.53. The summed E-state index contributed by atoms with van der Waals surface area (Å²) < 4.78 is 10.8. The smallest absolute Gasteiger partial charge is 0.235 e. The number of methoxy groups -OCH3 is 2. The van der Waals surface area contributed by atoms with Gasteiger partial charge in [-0.25, -0.2) is 0 Å². The lowest BCUT2D eigenvalue weighted by atomic mass is 9.98. The highest BCUT2D eigenvalue weighted by Gasteiger charge is 2.43. The molecule has 1 saturated carbocycles. The molecule has 3 rings (SSSR count). The molecule has 158 valence electrons. The highest BCUT2D eigenvalue weighted by molar-refractivity contribution is 5.79. The minimum absolute atomic E-state index is 0.0508. The van der Waals surface area contributed by atoms with Gasteiger partial charge in [-0.05, 0) is 55.9 Å². The summed E-state index contributed by atoms with van der Waals surface area (Å²) in [7, 11) is 3.30. The van der Waals surface area contributed by atoms with E-state index in [4.69, 9.17) is 9.47 Å². The number of hydrogen-bond acceptors (Lipinski definition) is 6. The number of ether oxygens (including phenoxy) is 2. The highest BCUT2D eigenvalue weighted by Crippen LogP contribution is 2.39. The van der Waals surface area contributed by atoms with Crippen molar-refractivity contribution in [1.82, 2.24) is 15.1 Å². The number of benzene rings is 1. The van der Waals surface area contributed by atoms with Crippen LogP contribution in [0.2, 0.25) is 0 Å². The predicted octanol–water partition coefficient (Wildman–Crippen LogP) is 1.94. The van der Waals surface area contributed by atoms with Crippen molar-refractivity contribution >= 4 is 5.91 Å². The summed E-state index contributed by atoms with van der Waals surface area (Å²) in [6.07, 6.45) is 2.05. The average Bonchev–Trinajstić information content (AvgIpc) is 3.56. The van der Waals surface area contributed by atoms with Crippen LogP contribution in [0.3, 0.4) is 0 Å². The van der Waals surface area contributed by atoms with Crippen molar-refractivity contribution in [2.45, 2.75) is 38.8 Å². The minimum Gasteiger partial charge on any atom is -0.493 e. The molecule has 1 N–H and O–H groups in total. The third-order valence-corrected chi connectivity index (χ3v) is 6.09. The summed E-state index contributed by atoms with van der Waals surface area (Å²) in [6.45, 7) is 8.61. The summed E-state index contributed by atoms with van der Waals surface area (Å²) >= 11 is 0. The van der Waals surface area contributed by atoms with Gasteiger partial charge < -0.3 is 14.8 Å². The van der Waals surface area contributed by atoms with Crippen LogP contribution >= 0.6 is 0 Å². The monoisotopic (exact) mass is 400 g/mol. The number of carbonyl (C=O) groups is 1. The summed E-state index contributed by atoms with van der Waals surface area (Å²) in [4.78, 5) is 17.0. The molecule has 1 saturated heterocycles. The normalized spacial score (nSPS) is 19.8. The maximum absolute atomic E-state index is 12.4. The first kappa shape index (κ1) is 21.4. The molecule has 29 heavy (non-hydrogen) atoms. The van der Waals surface area contributed by atoms with Crippen molar-refractivity contribution in [3.8, 4) is 17.6 Å².